The van der Waals surface area contributed by atoms with E-state index in [2.05, 4.69) is 22.2 Å². The van der Waals surface area contributed by atoms with E-state index in [1.54, 1.807) is 0 Å². The molecule has 7 nitrogen and oxygen atoms in total. The molecule has 24 heavy (non-hydrogen) atoms. The second-order valence-corrected chi connectivity index (χ2v) is 7.18. The van der Waals surface area contributed by atoms with Crippen molar-refractivity contribution < 1.29 is 9.59 Å². The molecule has 1 saturated heterocycles. The van der Waals surface area contributed by atoms with Gasteiger partial charge in [-0.05, 0) is 39.2 Å². The Morgan fingerprint density at radius 3 is 2.54 bits per heavy atom. The molecule has 1 saturated carbocycles. The minimum absolute atomic E-state index is 0.0308. The SMILES string of the molecule is CN1CCN(C(=O)c2nc(C(=O)NC3CC3)c3n2CCCC3)CC1. The van der Waals surface area contributed by atoms with Gasteiger partial charge in [0, 0.05) is 38.8 Å². The number of likely N-dealkylation sites (N-methyl/N-ethyl adjacent to an activating group) is 1. The summed E-state index contributed by atoms with van der Waals surface area (Å²) in [6, 6.07) is 0.301. The van der Waals surface area contributed by atoms with Gasteiger partial charge in [-0.25, -0.2) is 4.98 Å². The lowest BCUT2D eigenvalue weighted by molar-refractivity contribution is 0.0645. The Bertz CT molecular complexity index is 656. The van der Waals surface area contributed by atoms with Gasteiger partial charge in [0.25, 0.3) is 11.8 Å². The van der Waals surface area contributed by atoms with Crippen molar-refractivity contribution in [3.05, 3.63) is 17.2 Å². The van der Waals surface area contributed by atoms with Gasteiger partial charge < -0.3 is 19.7 Å². The van der Waals surface area contributed by atoms with E-state index >= 15 is 0 Å². The molecule has 4 rings (SSSR count). The molecule has 0 radical (unpaired) electrons. The Labute approximate surface area is 142 Å². The van der Waals surface area contributed by atoms with E-state index in [0.29, 0.717) is 17.6 Å². The minimum Gasteiger partial charge on any atom is -0.348 e. The van der Waals surface area contributed by atoms with Crippen molar-refractivity contribution in [3.63, 3.8) is 0 Å². The van der Waals surface area contributed by atoms with Crippen LogP contribution < -0.4 is 5.32 Å². The van der Waals surface area contributed by atoms with Crippen LogP contribution in [0, 0.1) is 0 Å². The average molecular weight is 331 g/mol. The number of fused-ring (bicyclic) bond motifs is 1. The van der Waals surface area contributed by atoms with Crippen molar-refractivity contribution in [2.75, 3.05) is 33.2 Å². The highest BCUT2D eigenvalue weighted by atomic mass is 16.2. The molecule has 1 aromatic heterocycles. The third-order valence-electron chi connectivity index (χ3n) is 5.23. The van der Waals surface area contributed by atoms with Crippen molar-refractivity contribution in [3.8, 4) is 0 Å². The van der Waals surface area contributed by atoms with Gasteiger partial charge in [0.2, 0.25) is 0 Å². The largest absolute Gasteiger partial charge is 0.348 e. The van der Waals surface area contributed by atoms with Crippen molar-refractivity contribution >= 4 is 11.8 Å². The molecule has 2 amide bonds. The van der Waals surface area contributed by atoms with Gasteiger partial charge in [-0.1, -0.05) is 0 Å². The molecule has 2 fully saturated rings. The average Bonchev–Trinajstić information content (AvgIpc) is 3.32. The van der Waals surface area contributed by atoms with Crippen molar-refractivity contribution in [1.82, 2.24) is 24.7 Å². The fourth-order valence-electron chi connectivity index (χ4n) is 3.52. The van der Waals surface area contributed by atoms with Gasteiger partial charge in [0.05, 0.1) is 5.69 Å². The molecule has 0 atom stereocenters. The van der Waals surface area contributed by atoms with Gasteiger partial charge in [-0.2, -0.15) is 0 Å². The monoisotopic (exact) mass is 331 g/mol. The van der Waals surface area contributed by atoms with Crippen LogP contribution in [0.2, 0.25) is 0 Å². The highest BCUT2D eigenvalue weighted by Gasteiger charge is 2.32. The predicted molar refractivity (Wildman–Crippen MR) is 89.1 cm³/mol. The Balaban J connectivity index is 1.61. The number of nitrogens with one attached hydrogen (secondary N) is 1. The number of carbonyl (C=O) groups is 2. The maximum Gasteiger partial charge on any atom is 0.289 e. The number of aromatic nitrogens is 2. The number of nitrogens with zero attached hydrogens (tertiary/aromatic N) is 4. The predicted octanol–water partition coefficient (Wildman–Crippen LogP) is 0.499. The van der Waals surface area contributed by atoms with Gasteiger partial charge in [-0.15, -0.1) is 0 Å². The summed E-state index contributed by atoms with van der Waals surface area (Å²) >= 11 is 0. The maximum atomic E-state index is 12.9. The quantitative estimate of drug-likeness (QED) is 0.876. The third-order valence-corrected chi connectivity index (χ3v) is 5.23. The molecule has 0 spiro atoms. The van der Waals surface area contributed by atoms with Crippen molar-refractivity contribution in [2.45, 2.75) is 44.7 Å². The van der Waals surface area contributed by atoms with Crippen LogP contribution >= 0.6 is 0 Å². The van der Waals surface area contributed by atoms with Gasteiger partial charge in [-0.3, -0.25) is 9.59 Å². The Morgan fingerprint density at radius 1 is 1.08 bits per heavy atom. The summed E-state index contributed by atoms with van der Waals surface area (Å²) in [5.41, 5.74) is 1.41. The summed E-state index contributed by atoms with van der Waals surface area (Å²) < 4.78 is 1.99. The van der Waals surface area contributed by atoms with E-state index < -0.39 is 0 Å². The zero-order valence-electron chi connectivity index (χ0n) is 14.3. The summed E-state index contributed by atoms with van der Waals surface area (Å²) in [5, 5.41) is 3.01. The molecule has 1 N–H and O–H groups in total. The number of rotatable bonds is 3. The summed E-state index contributed by atoms with van der Waals surface area (Å²) in [7, 11) is 2.07. The van der Waals surface area contributed by atoms with Gasteiger partial charge in [0.1, 0.15) is 5.69 Å². The summed E-state index contributed by atoms with van der Waals surface area (Å²) in [5.74, 6) is 0.312. The number of carbonyl (C=O) groups excluding carboxylic acids is 2. The maximum absolute atomic E-state index is 12.9. The summed E-state index contributed by atoms with van der Waals surface area (Å²) in [6.45, 7) is 4.00. The lowest BCUT2D eigenvalue weighted by Gasteiger charge is -2.32. The molecular weight excluding hydrogens is 306 g/mol. The number of hydrogen-bond acceptors (Lipinski definition) is 4. The minimum atomic E-state index is -0.111. The van der Waals surface area contributed by atoms with Crippen LogP contribution in [0.15, 0.2) is 0 Å². The smallest absolute Gasteiger partial charge is 0.289 e. The standard InChI is InChI=1S/C17H25N5O2/c1-20-8-10-21(11-9-20)17(24)15-19-14(16(23)18-12-5-6-12)13-4-2-3-7-22(13)15/h12H,2-11H2,1H3,(H,18,23). The first-order valence-electron chi connectivity index (χ1n) is 9.01. The molecule has 1 aromatic rings. The molecule has 1 aliphatic carbocycles. The number of amides is 2. The van der Waals surface area contributed by atoms with Crippen LogP contribution in [-0.2, 0) is 13.0 Å². The molecule has 2 aliphatic heterocycles. The molecule has 3 aliphatic rings. The lowest BCUT2D eigenvalue weighted by atomic mass is 10.1. The fraction of sp³-hybridized carbons (Fsp3) is 0.706. The highest BCUT2D eigenvalue weighted by Crippen LogP contribution is 2.24. The molecule has 0 unspecified atom stereocenters. The first kappa shape index (κ1) is 15.6. The molecule has 130 valence electrons. The van der Waals surface area contributed by atoms with Crippen molar-refractivity contribution in [1.29, 1.82) is 0 Å². The fourth-order valence-corrected chi connectivity index (χ4v) is 3.52. The van der Waals surface area contributed by atoms with Crippen LogP contribution in [0.1, 0.15) is 52.5 Å². The Hall–Kier alpha value is -1.89. The van der Waals surface area contributed by atoms with Gasteiger partial charge in [0.15, 0.2) is 5.82 Å². The van der Waals surface area contributed by atoms with Crippen LogP contribution in [0.4, 0.5) is 0 Å². The second kappa shape index (κ2) is 6.20. The number of hydrogen-bond donors (Lipinski definition) is 1. The molecule has 0 bridgehead atoms. The van der Waals surface area contributed by atoms with Crippen LogP contribution in [-0.4, -0.2) is 70.4 Å². The number of piperazine rings is 1. The molecule has 3 heterocycles. The van der Waals surface area contributed by atoms with Crippen LogP contribution in [0.5, 0.6) is 0 Å². The van der Waals surface area contributed by atoms with Crippen LogP contribution in [0.3, 0.4) is 0 Å². The van der Waals surface area contributed by atoms with E-state index in [-0.39, 0.29) is 11.8 Å². The highest BCUT2D eigenvalue weighted by molar-refractivity contribution is 5.97. The number of imidazole rings is 1. The summed E-state index contributed by atoms with van der Waals surface area (Å²) in [4.78, 5) is 34.0. The Kier molecular flexibility index (Phi) is 4.04. The van der Waals surface area contributed by atoms with E-state index in [9.17, 15) is 9.59 Å². The summed E-state index contributed by atoms with van der Waals surface area (Å²) in [6.07, 6.45) is 5.02. The topological polar surface area (TPSA) is 70.5 Å². The van der Waals surface area contributed by atoms with E-state index in [0.717, 1.165) is 70.5 Å². The van der Waals surface area contributed by atoms with Crippen LogP contribution in [0.25, 0.3) is 0 Å². The molecule has 7 heteroatoms. The van der Waals surface area contributed by atoms with E-state index in [4.69, 9.17) is 0 Å². The second-order valence-electron chi connectivity index (χ2n) is 7.18. The van der Waals surface area contributed by atoms with Gasteiger partial charge >= 0.3 is 0 Å². The molecular formula is C17H25N5O2. The van der Waals surface area contributed by atoms with E-state index in [1.165, 1.54) is 0 Å². The van der Waals surface area contributed by atoms with Crippen molar-refractivity contribution in [2.24, 2.45) is 0 Å². The normalized spacial score (nSPS) is 21.5. The first-order valence-corrected chi connectivity index (χ1v) is 9.01. The Morgan fingerprint density at radius 2 is 1.83 bits per heavy atom. The molecule has 0 aromatic carbocycles. The zero-order valence-corrected chi connectivity index (χ0v) is 14.3. The first-order chi connectivity index (χ1) is 11.6. The lowest BCUT2D eigenvalue weighted by Crippen LogP contribution is -2.47. The van der Waals surface area contributed by atoms with E-state index in [1.807, 2.05) is 9.47 Å². The zero-order chi connectivity index (χ0) is 16.7. The third kappa shape index (κ3) is 2.92.